The molecular formula is C14H13ClN2O2. The lowest BCUT2D eigenvalue weighted by Gasteiger charge is -2.10. The third-order valence-electron chi connectivity index (χ3n) is 3.35. The van der Waals surface area contributed by atoms with Gasteiger partial charge < -0.3 is 5.11 Å². The van der Waals surface area contributed by atoms with Gasteiger partial charge in [0.05, 0.1) is 5.69 Å². The monoisotopic (exact) mass is 276 g/mol. The Labute approximate surface area is 115 Å². The van der Waals surface area contributed by atoms with E-state index in [1.54, 1.807) is 10.7 Å². The van der Waals surface area contributed by atoms with Crippen molar-refractivity contribution >= 4 is 17.6 Å². The maximum absolute atomic E-state index is 11.1. The van der Waals surface area contributed by atoms with Gasteiger partial charge in [0.25, 0.3) is 0 Å². The van der Waals surface area contributed by atoms with E-state index in [9.17, 15) is 4.79 Å². The van der Waals surface area contributed by atoms with E-state index in [2.05, 4.69) is 5.10 Å². The zero-order chi connectivity index (χ0) is 13.6. The van der Waals surface area contributed by atoms with Crippen LogP contribution < -0.4 is 0 Å². The number of rotatable bonds is 3. The van der Waals surface area contributed by atoms with Crippen LogP contribution in [0.15, 0.2) is 24.3 Å². The number of halogens is 1. The van der Waals surface area contributed by atoms with Crippen molar-refractivity contribution in [3.8, 4) is 5.69 Å². The summed E-state index contributed by atoms with van der Waals surface area (Å²) in [6.07, 6.45) is 2.18. The minimum absolute atomic E-state index is 0.0845. The Morgan fingerprint density at radius 1 is 1.42 bits per heavy atom. The molecule has 1 fully saturated rings. The average molecular weight is 277 g/mol. The second-order valence-corrected chi connectivity index (χ2v) is 5.31. The molecule has 1 heterocycles. The van der Waals surface area contributed by atoms with E-state index in [0.29, 0.717) is 10.9 Å². The first-order valence-electron chi connectivity index (χ1n) is 6.16. The third kappa shape index (κ3) is 2.24. The molecule has 0 amide bonds. The highest BCUT2D eigenvalue weighted by atomic mass is 35.5. The molecule has 0 saturated heterocycles. The Kier molecular flexibility index (Phi) is 2.82. The number of carbonyl (C=O) groups is 1. The van der Waals surface area contributed by atoms with E-state index >= 15 is 0 Å². The standard InChI is InChI=1S/C14H13ClN2O2/c1-8-2-5-10(15)6-12(8)17-13(9-3-4-9)7-11(16-17)14(18)19/h2,5-7,9H,3-4H2,1H3,(H,18,19). The first kappa shape index (κ1) is 12.2. The van der Waals surface area contributed by atoms with Gasteiger partial charge in [-0.3, -0.25) is 0 Å². The highest BCUT2D eigenvalue weighted by Gasteiger charge is 2.30. The van der Waals surface area contributed by atoms with Crippen LogP contribution in [0.5, 0.6) is 0 Å². The van der Waals surface area contributed by atoms with E-state index in [4.69, 9.17) is 16.7 Å². The number of nitrogens with zero attached hydrogens (tertiary/aromatic N) is 2. The Hall–Kier alpha value is -1.81. The van der Waals surface area contributed by atoms with Crippen LogP contribution in [0.25, 0.3) is 5.69 Å². The highest BCUT2D eigenvalue weighted by molar-refractivity contribution is 6.30. The van der Waals surface area contributed by atoms with Crippen molar-refractivity contribution in [2.75, 3.05) is 0 Å². The molecule has 1 aromatic carbocycles. The number of hydrogen-bond acceptors (Lipinski definition) is 2. The maximum Gasteiger partial charge on any atom is 0.356 e. The lowest BCUT2D eigenvalue weighted by atomic mass is 10.2. The van der Waals surface area contributed by atoms with Gasteiger partial charge in [0.15, 0.2) is 5.69 Å². The minimum atomic E-state index is -1.000. The van der Waals surface area contributed by atoms with Crippen LogP contribution in [0.2, 0.25) is 5.02 Å². The molecule has 0 aliphatic heterocycles. The van der Waals surface area contributed by atoms with Gasteiger partial charge in [-0.1, -0.05) is 17.7 Å². The second-order valence-electron chi connectivity index (χ2n) is 4.88. The zero-order valence-electron chi connectivity index (χ0n) is 10.4. The molecule has 0 radical (unpaired) electrons. The number of aromatic nitrogens is 2. The van der Waals surface area contributed by atoms with Crippen LogP contribution in [-0.4, -0.2) is 20.9 Å². The van der Waals surface area contributed by atoms with Gasteiger partial charge in [-0.2, -0.15) is 5.10 Å². The number of hydrogen-bond donors (Lipinski definition) is 1. The number of aromatic carboxylic acids is 1. The predicted octanol–water partition coefficient (Wildman–Crippen LogP) is 3.41. The summed E-state index contributed by atoms with van der Waals surface area (Å²) in [5.74, 6) is -0.584. The highest BCUT2D eigenvalue weighted by Crippen LogP contribution is 2.41. The summed E-state index contributed by atoms with van der Waals surface area (Å²) < 4.78 is 1.72. The number of benzene rings is 1. The van der Waals surface area contributed by atoms with E-state index in [1.165, 1.54) is 0 Å². The lowest BCUT2D eigenvalue weighted by Crippen LogP contribution is -2.05. The fourth-order valence-corrected chi connectivity index (χ4v) is 2.34. The molecule has 1 N–H and O–H groups in total. The van der Waals surface area contributed by atoms with Crippen molar-refractivity contribution in [1.29, 1.82) is 0 Å². The van der Waals surface area contributed by atoms with Crippen LogP contribution in [0.1, 0.15) is 40.5 Å². The molecule has 1 aromatic heterocycles. The Morgan fingerprint density at radius 3 is 2.79 bits per heavy atom. The Morgan fingerprint density at radius 2 is 2.16 bits per heavy atom. The maximum atomic E-state index is 11.1. The number of carboxylic acids is 1. The van der Waals surface area contributed by atoms with Crippen LogP contribution in [-0.2, 0) is 0 Å². The lowest BCUT2D eigenvalue weighted by molar-refractivity contribution is 0.0690. The van der Waals surface area contributed by atoms with E-state index in [1.807, 2.05) is 25.1 Å². The molecule has 3 rings (SSSR count). The first-order valence-corrected chi connectivity index (χ1v) is 6.54. The molecule has 0 spiro atoms. The van der Waals surface area contributed by atoms with E-state index in [-0.39, 0.29) is 5.69 Å². The molecule has 1 saturated carbocycles. The third-order valence-corrected chi connectivity index (χ3v) is 3.59. The van der Waals surface area contributed by atoms with Gasteiger partial charge >= 0.3 is 5.97 Å². The van der Waals surface area contributed by atoms with Crippen LogP contribution in [0, 0.1) is 6.92 Å². The Balaban J connectivity index is 2.17. The van der Waals surface area contributed by atoms with Gasteiger partial charge in [-0.05, 0) is 43.5 Å². The molecule has 0 atom stereocenters. The summed E-state index contributed by atoms with van der Waals surface area (Å²) >= 11 is 6.03. The quantitative estimate of drug-likeness (QED) is 0.935. The van der Waals surface area contributed by atoms with E-state index < -0.39 is 5.97 Å². The molecule has 98 valence electrons. The van der Waals surface area contributed by atoms with Crippen LogP contribution in [0.3, 0.4) is 0 Å². The number of carboxylic acid groups (broad SMARTS) is 1. The summed E-state index contributed by atoms with van der Waals surface area (Å²) in [5.41, 5.74) is 2.91. The minimum Gasteiger partial charge on any atom is -0.476 e. The first-order chi connectivity index (χ1) is 9.06. The molecule has 19 heavy (non-hydrogen) atoms. The van der Waals surface area contributed by atoms with Crippen molar-refractivity contribution in [2.45, 2.75) is 25.7 Å². The molecule has 2 aromatic rings. The largest absolute Gasteiger partial charge is 0.476 e. The summed E-state index contributed by atoms with van der Waals surface area (Å²) in [6.45, 7) is 1.96. The summed E-state index contributed by atoms with van der Waals surface area (Å²) in [7, 11) is 0. The molecule has 0 bridgehead atoms. The van der Waals surface area contributed by atoms with Gasteiger partial charge in [0, 0.05) is 16.6 Å². The predicted molar refractivity (Wildman–Crippen MR) is 72.2 cm³/mol. The van der Waals surface area contributed by atoms with Crippen LogP contribution >= 0.6 is 11.6 Å². The normalized spacial score (nSPS) is 14.6. The smallest absolute Gasteiger partial charge is 0.356 e. The van der Waals surface area contributed by atoms with Gasteiger partial charge in [0.1, 0.15) is 0 Å². The van der Waals surface area contributed by atoms with Crippen molar-refractivity contribution in [3.05, 3.63) is 46.2 Å². The summed E-state index contributed by atoms with van der Waals surface area (Å²) in [5, 5.41) is 13.9. The van der Waals surface area contributed by atoms with Gasteiger partial charge in [0.2, 0.25) is 0 Å². The fraction of sp³-hybridized carbons (Fsp3) is 0.286. The molecule has 5 heteroatoms. The second kappa shape index (κ2) is 4.38. The number of aryl methyl sites for hydroxylation is 1. The molecule has 1 aliphatic rings. The van der Waals surface area contributed by atoms with Crippen molar-refractivity contribution < 1.29 is 9.90 Å². The SMILES string of the molecule is Cc1ccc(Cl)cc1-n1nc(C(=O)O)cc1C1CC1. The molecule has 4 nitrogen and oxygen atoms in total. The topological polar surface area (TPSA) is 55.1 Å². The van der Waals surface area contributed by atoms with Crippen LogP contribution in [0.4, 0.5) is 0 Å². The fourth-order valence-electron chi connectivity index (χ4n) is 2.17. The summed E-state index contributed by atoms with van der Waals surface area (Å²) in [4.78, 5) is 11.1. The van der Waals surface area contributed by atoms with Crippen molar-refractivity contribution in [1.82, 2.24) is 9.78 Å². The van der Waals surface area contributed by atoms with Gasteiger partial charge in [-0.15, -0.1) is 0 Å². The zero-order valence-corrected chi connectivity index (χ0v) is 11.2. The van der Waals surface area contributed by atoms with Crippen molar-refractivity contribution in [3.63, 3.8) is 0 Å². The van der Waals surface area contributed by atoms with E-state index in [0.717, 1.165) is 29.8 Å². The summed E-state index contributed by atoms with van der Waals surface area (Å²) in [6, 6.07) is 7.22. The molecule has 1 aliphatic carbocycles. The molecule has 0 unspecified atom stereocenters. The Bertz CT molecular complexity index is 659. The average Bonchev–Trinajstić information content (AvgIpc) is 3.11. The van der Waals surface area contributed by atoms with Gasteiger partial charge in [-0.25, -0.2) is 9.48 Å². The molecular weight excluding hydrogens is 264 g/mol. The van der Waals surface area contributed by atoms with Crippen molar-refractivity contribution in [2.24, 2.45) is 0 Å².